The van der Waals surface area contributed by atoms with Gasteiger partial charge in [-0.15, -0.1) is 0 Å². The van der Waals surface area contributed by atoms with E-state index in [1.54, 1.807) is 41.8 Å². The monoisotopic (exact) mass is 460 g/mol. The quantitative estimate of drug-likeness (QED) is 0.463. The van der Waals surface area contributed by atoms with Crippen molar-refractivity contribution < 1.29 is 4.79 Å². The van der Waals surface area contributed by atoms with Gasteiger partial charge in [0.25, 0.3) is 11.5 Å². The Kier molecular flexibility index (Phi) is 6.58. The molecule has 0 bridgehead atoms. The SMILES string of the molecule is Cc1nc2ccccc2c(=O)n1-c1ccc(C(=O)NC[C@H](c2ccccc2Cl)N(C)C)cc1. The van der Waals surface area contributed by atoms with E-state index < -0.39 is 0 Å². The molecule has 0 fully saturated rings. The van der Waals surface area contributed by atoms with Crippen LogP contribution in [0.3, 0.4) is 0 Å². The van der Waals surface area contributed by atoms with Crippen LogP contribution in [0, 0.1) is 6.92 Å². The van der Waals surface area contributed by atoms with E-state index in [0.717, 1.165) is 5.56 Å². The number of aryl methyl sites for hydroxylation is 1. The molecule has 0 aliphatic heterocycles. The third-order valence-corrected chi connectivity index (χ3v) is 6.02. The Morgan fingerprint density at radius 1 is 1.03 bits per heavy atom. The van der Waals surface area contributed by atoms with Crippen LogP contribution in [0.2, 0.25) is 5.02 Å². The minimum Gasteiger partial charge on any atom is -0.350 e. The van der Waals surface area contributed by atoms with E-state index in [9.17, 15) is 9.59 Å². The van der Waals surface area contributed by atoms with Gasteiger partial charge in [-0.3, -0.25) is 14.2 Å². The Balaban J connectivity index is 1.54. The van der Waals surface area contributed by atoms with Crippen LogP contribution in [0.1, 0.15) is 27.8 Å². The summed E-state index contributed by atoms with van der Waals surface area (Å²) < 4.78 is 1.56. The van der Waals surface area contributed by atoms with Gasteiger partial charge in [0.2, 0.25) is 0 Å². The van der Waals surface area contributed by atoms with Crippen LogP contribution < -0.4 is 10.9 Å². The van der Waals surface area contributed by atoms with Gasteiger partial charge in [0.15, 0.2) is 0 Å². The summed E-state index contributed by atoms with van der Waals surface area (Å²) in [5, 5.41) is 4.21. The molecule has 0 aliphatic rings. The van der Waals surface area contributed by atoms with Gasteiger partial charge in [0.1, 0.15) is 5.82 Å². The minimum absolute atomic E-state index is 0.0631. The van der Waals surface area contributed by atoms with E-state index in [-0.39, 0.29) is 17.5 Å². The maximum Gasteiger partial charge on any atom is 0.265 e. The van der Waals surface area contributed by atoms with E-state index in [2.05, 4.69) is 10.3 Å². The lowest BCUT2D eigenvalue weighted by Gasteiger charge is -2.26. The van der Waals surface area contributed by atoms with Gasteiger partial charge in [-0.25, -0.2) is 4.98 Å². The molecule has 0 aliphatic carbocycles. The van der Waals surface area contributed by atoms with Crippen molar-refractivity contribution in [2.24, 2.45) is 0 Å². The van der Waals surface area contributed by atoms with Crippen LogP contribution >= 0.6 is 11.6 Å². The van der Waals surface area contributed by atoms with Crippen molar-refractivity contribution in [1.29, 1.82) is 0 Å². The molecule has 1 heterocycles. The van der Waals surface area contributed by atoms with E-state index in [1.807, 2.05) is 61.5 Å². The zero-order valence-electron chi connectivity index (χ0n) is 18.7. The Bertz CT molecular complexity index is 1360. The molecule has 1 amide bonds. The Hall–Kier alpha value is -3.48. The highest BCUT2D eigenvalue weighted by Crippen LogP contribution is 2.25. The predicted molar refractivity (Wildman–Crippen MR) is 132 cm³/mol. The first-order valence-electron chi connectivity index (χ1n) is 10.6. The van der Waals surface area contributed by atoms with Gasteiger partial charge in [-0.1, -0.05) is 41.9 Å². The number of carbonyl (C=O) groups excluding carboxylic acids is 1. The number of fused-ring (bicyclic) bond motifs is 1. The van der Waals surface area contributed by atoms with Crippen molar-refractivity contribution in [2.75, 3.05) is 20.6 Å². The number of hydrogen-bond acceptors (Lipinski definition) is 4. The fourth-order valence-electron chi connectivity index (χ4n) is 3.92. The number of halogens is 1. The minimum atomic E-state index is -0.193. The van der Waals surface area contributed by atoms with Crippen molar-refractivity contribution in [3.05, 3.63) is 105 Å². The van der Waals surface area contributed by atoms with Crippen LogP contribution in [0.25, 0.3) is 16.6 Å². The molecule has 33 heavy (non-hydrogen) atoms. The molecule has 4 rings (SSSR count). The Morgan fingerprint density at radius 3 is 2.39 bits per heavy atom. The van der Waals surface area contributed by atoms with Crippen molar-refractivity contribution in [1.82, 2.24) is 19.8 Å². The molecule has 0 unspecified atom stereocenters. The number of nitrogens with one attached hydrogen (secondary N) is 1. The average Bonchev–Trinajstić information content (AvgIpc) is 2.80. The summed E-state index contributed by atoms with van der Waals surface area (Å²) in [7, 11) is 3.90. The molecule has 0 radical (unpaired) electrons. The molecule has 4 aromatic rings. The topological polar surface area (TPSA) is 67.2 Å². The molecule has 1 N–H and O–H groups in total. The van der Waals surface area contributed by atoms with Gasteiger partial charge in [0, 0.05) is 17.1 Å². The molecule has 3 aromatic carbocycles. The summed E-state index contributed by atoms with van der Waals surface area (Å²) >= 11 is 6.36. The molecule has 7 heteroatoms. The molecule has 0 saturated heterocycles. The van der Waals surface area contributed by atoms with Gasteiger partial charge in [-0.2, -0.15) is 0 Å². The molecule has 0 saturated carbocycles. The van der Waals surface area contributed by atoms with Crippen molar-refractivity contribution in [2.45, 2.75) is 13.0 Å². The van der Waals surface area contributed by atoms with Crippen LogP contribution in [-0.2, 0) is 0 Å². The van der Waals surface area contributed by atoms with E-state index in [0.29, 0.717) is 39.5 Å². The first-order chi connectivity index (χ1) is 15.9. The number of benzene rings is 3. The maximum atomic E-state index is 13.0. The molecule has 6 nitrogen and oxygen atoms in total. The fourth-order valence-corrected chi connectivity index (χ4v) is 4.18. The summed E-state index contributed by atoms with van der Waals surface area (Å²) in [6.07, 6.45) is 0. The van der Waals surface area contributed by atoms with Gasteiger partial charge in [-0.05, 0) is 69.0 Å². The van der Waals surface area contributed by atoms with Crippen LogP contribution in [-0.4, -0.2) is 41.0 Å². The second-order valence-electron chi connectivity index (χ2n) is 8.07. The van der Waals surface area contributed by atoms with E-state index in [4.69, 9.17) is 11.6 Å². The average molecular weight is 461 g/mol. The molecule has 1 aromatic heterocycles. The first-order valence-corrected chi connectivity index (χ1v) is 11.0. The third kappa shape index (κ3) is 4.67. The van der Waals surface area contributed by atoms with Crippen LogP contribution in [0.15, 0.2) is 77.6 Å². The maximum absolute atomic E-state index is 13.0. The number of amides is 1. The molecule has 1 atom stereocenters. The summed E-state index contributed by atoms with van der Waals surface area (Å²) in [5.74, 6) is 0.394. The van der Waals surface area contributed by atoms with Gasteiger partial charge in [0.05, 0.1) is 22.6 Å². The van der Waals surface area contributed by atoms with Crippen LogP contribution in [0.5, 0.6) is 0 Å². The largest absolute Gasteiger partial charge is 0.350 e. The van der Waals surface area contributed by atoms with Gasteiger partial charge >= 0.3 is 0 Å². The fraction of sp³-hybridized carbons (Fsp3) is 0.192. The number of para-hydroxylation sites is 1. The highest BCUT2D eigenvalue weighted by molar-refractivity contribution is 6.31. The number of rotatable bonds is 6. The Labute approximate surface area is 197 Å². The standard InChI is InChI=1S/C26H25ClN4O2/c1-17-29-23-11-7-5-9-21(23)26(33)31(17)19-14-12-18(13-15-19)25(32)28-16-24(30(2)3)20-8-4-6-10-22(20)27/h4-15,24H,16H2,1-3H3,(H,28,32)/t24-/m1/s1. The third-order valence-electron chi connectivity index (χ3n) is 5.67. The summed E-state index contributed by atoms with van der Waals surface area (Å²) in [6, 6.07) is 21.8. The zero-order chi connectivity index (χ0) is 23.5. The number of carbonyl (C=O) groups is 1. The van der Waals surface area contributed by atoms with Gasteiger partial charge < -0.3 is 10.2 Å². The molecular weight excluding hydrogens is 436 g/mol. The lowest BCUT2D eigenvalue weighted by atomic mass is 10.1. The highest BCUT2D eigenvalue weighted by Gasteiger charge is 2.18. The second kappa shape index (κ2) is 9.57. The molecule has 168 valence electrons. The molecular formula is C26H25ClN4O2. The van der Waals surface area contributed by atoms with Crippen molar-refractivity contribution in [3.8, 4) is 5.69 Å². The molecule has 0 spiro atoms. The van der Waals surface area contributed by atoms with Crippen LogP contribution in [0.4, 0.5) is 0 Å². The number of hydrogen-bond donors (Lipinski definition) is 1. The van der Waals surface area contributed by atoms with E-state index in [1.165, 1.54) is 0 Å². The number of aromatic nitrogens is 2. The lowest BCUT2D eigenvalue weighted by molar-refractivity contribution is 0.0942. The predicted octanol–water partition coefficient (Wildman–Crippen LogP) is 4.38. The normalized spacial score (nSPS) is 12.2. The summed E-state index contributed by atoms with van der Waals surface area (Å²) in [5.41, 5.74) is 2.66. The smallest absolute Gasteiger partial charge is 0.265 e. The summed E-state index contributed by atoms with van der Waals surface area (Å²) in [6.45, 7) is 2.20. The lowest BCUT2D eigenvalue weighted by Crippen LogP contribution is -2.34. The van der Waals surface area contributed by atoms with Crippen molar-refractivity contribution in [3.63, 3.8) is 0 Å². The van der Waals surface area contributed by atoms with E-state index >= 15 is 0 Å². The zero-order valence-corrected chi connectivity index (χ0v) is 19.5. The number of nitrogens with zero attached hydrogens (tertiary/aromatic N) is 3. The first kappa shape index (κ1) is 22.7. The Morgan fingerprint density at radius 2 is 1.70 bits per heavy atom. The number of likely N-dealkylation sites (N-methyl/N-ethyl adjacent to an activating group) is 1. The highest BCUT2D eigenvalue weighted by atomic mass is 35.5. The second-order valence-corrected chi connectivity index (χ2v) is 8.48. The van der Waals surface area contributed by atoms with Crippen molar-refractivity contribution >= 4 is 28.4 Å². The summed E-state index contributed by atoms with van der Waals surface area (Å²) in [4.78, 5) is 32.4.